The third-order valence-corrected chi connectivity index (χ3v) is 5.36. The van der Waals surface area contributed by atoms with E-state index in [-0.39, 0.29) is 0 Å². The van der Waals surface area contributed by atoms with Gasteiger partial charge < -0.3 is 4.90 Å². The van der Waals surface area contributed by atoms with E-state index in [0.29, 0.717) is 0 Å². The Kier molecular flexibility index (Phi) is 4.81. The van der Waals surface area contributed by atoms with Crippen LogP contribution in [-0.2, 0) is 6.54 Å². The Bertz CT molecular complexity index is 993. The van der Waals surface area contributed by atoms with Crippen molar-refractivity contribution in [2.24, 2.45) is 0 Å². The van der Waals surface area contributed by atoms with Gasteiger partial charge in [-0.05, 0) is 30.8 Å². The van der Waals surface area contributed by atoms with Crippen LogP contribution in [0.4, 0.5) is 5.82 Å². The number of hydrogen-bond donors (Lipinski definition) is 0. The molecule has 3 heterocycles. The Morgan fingerprint density at radius 2 is 1.92 bits per heavy atom. The molecule has 1 aromatic carbocycles. The predicted octanol–water partition coefficient (Wildman–Crippen LogP) is 3.30. The Balaban J connectivity index is 1.49. The van der Waals surface area contributed by atoms with Gasteiger partial charge in [-0.2, -0.15) is 4.37 Å². The van der Waals surface area contributed by atoms with Crippen LogP contribution in [0.1, 0.15) is 12.7 Å². The lowest BCUT2D eigenvalue weighted by atomic mass is 10.3. The number of fused-ring (bicyclic) bond motifs is 3. The Hall–Kier alpha value is -2.51. The van der Waals surface area contributed by atoms with E-state index in [1.165, 1.54) is 11.5 Å². The molecule has 6 nitrogen and oxygen atoms in total. The number of nitrogens with zero attached hydrogens (tertiary/aromatic N) is 6. The molecule has 0 atom stereocenters. The molecule has 0 bridgehead atoms. The van der Waals surface area contributed by atoms with Crippen molar-refractivity contribution < 1.29 is 0 Å². The largest absolute Gasteiger partial charge is 0.358 e. The maximum absolute atomic E-state index is 4.67. The van der Waals surface area contributed by atoms with Crippen LogP contribution < -0.4 is 4.90 Å². The van der Waals surface area contributed by atoms with Gasteiger partial charge in [-0.15, -0.1) is 0 Å². The summed E-state index contributed by atoms with van der Waals surface area (Å²) in [4.78, 5) is 14.6. The highest BCUT2D eigenvalue weighted by Gasteiger charge is 2.15. The lowest BCUT2D eigenvalue weighted by Gasteiger charge is -2.24. The zero-order chi connectivity index (χ0) is 17.9. The number of aromatic nitrogens is 4. The zero-order valence-electron chi connectivity index (χ0n) is 15.0. The molecule has 0 N–H and O–H groups in total. The molecule has 0 amide bonds. The fraction of sp³-hybridized carbons (Fsp3) is 0.316. The third-order valence-electron chi connectivity index (χ3n) is 4.63. The summed E-state index contributed by atoms with van der Waals surface area (Å²) < 4.78 is 6.84. The summed E-state index contributed by atoms with van der Waals surface area (Å²) in [6.07, 6.45) is 1.83. The van der Waals surface area contributed by atoms with Crippen LogP contribution in [0.5, 0.6) is 0 Å². The lowest BCUT2D eigenvalue weighted by molar-refractivity contribution is 0.279. The van der Waals surface area contributed by atoms with Crippen LogP contribution >= 0.6 is 11.5 Å². The normalized spacial score (nSPS) is 11.7. The average molecular weight is 366 g/mol. The van der Waals surface area contributed by atoms with Gasteiger partial charge in [0.2, 0.25) is 4.96 Å². The van der Waals surface area contributed by atoms with Gasteiger partial charge in [-0.3, -0.25) is 9.30 Å². The molecule has 134 valence electrons. The highest BCUT2D eigenvalue weighted by Crippen LogP contribution is 2.21. The molecule has 7 heteroatoms. The van der Waals surface area contributed by atoms with E-state index in [9.17, 15) is 0 Å². The molecule has 0 saturated heterocycles. The second-order valence-electron chi connectivity index (χ2n) is 6.30. The molecule has 0 aliphatic carbocycles. The number of hydrogen-bond acceptors (Lipinski definition) is 6. The highest BCUT2D eigenvalue weighted by atomic mass is 32.1. The Morgan fingerprint density at radius 1 is 1.08 bits per heavy atom. The summed E-state index contributed by atoms with van der Waals surface area (Å²) in [5.41, 5.74) is 2.16. The second kappa shape index (κ2) is 7.39. The van der Waals surface area contributed by atoms with E-state index in [0.717, 1.165) is 53.8 Å². The SMILES string of the molecule is CCN(CCN(C)c1ccccn1)Cc1nsc2nc3ccccc3n12. The number of anilines is 1. The molecule has 0 spiro atoms. The van der Waals surface area contributed by atoms with Gasteiger partial charge in [-0.25, -0.2) is 9.97 Å². The van der Waals surface area contributed by atoms with Gasteiger partial charge in [0.1, 0.15) is 11.6 Å². The van der Waals surface area contributed by atoms with E-state index < -0.39 is 0 Å². The van der Waals surface area contributed by atoms with Gasteiger partial charge in [0.15, 0.2) is 0 Å². The first-order chi connectivity index (χ1) is 12.8. The van der Waals surface area contributed by atoms with Gasteiger partial charge in [0.05, 0.1) is 17.6 Å². The van der Waals surface area contributed by atoms with Gasteiger partial charge in [0, 0.05) is 37.9 Å². The third kappa shape index (κ3) is 3.27. The fourth-order valence-corrected chi connectivity index (χ4v) is 3.83. The number of para-hydroxylation sites is 2. The quantitative estimate of drug-likeness (QED) is 0.502. The molecule has 4 aromatic rings. The first-order valence-corrected chi connectivity index (χ1v) is 9.60. The number of pyridine rings is 1. The van der Waals surface area contributed by atoms with Crippen molar-refractivity contribution in [1.82, 2.24) is 23.6 Å². The summed E-state index contributed by atoms with van der Waals surface area (Å²) in [7, 11) is 2.08. The molecule has 0 radical (unpaired) electrons. The van der Waals surface area contributed by atoms with Crippen molar-refractivity contribution in [1.29, 1.82) is 0 Å². The van der Waals surface area contributed by atoms with Crippen molar-refractivity contribution in [3.05, 3.63) is 54.5 Å². The average Bonchev–Trinajstić information content (AvgIpc) is 3.25. The van der Waals surface area contributed by atoms with Crippen LogP contribution in [0.2, 0.25) is 0 Å². The van der Waals surface area contributed by atoms with E-state index in [1.54, 1.807) is 0 Å². The van der Waals surface area contributed by atoms with Crippen molar-refractivity contribution >= 4 is 33.3 Å². The monoisotopic (exact) mass is 366 g/mol. The molecule has 0 fully saturated rings. The van der Waals surface area contributed by atoms with E-state index >= 15 is 0 Å². The molecule has 0 unspecified atom stereocenters. The van der Waals surface area contributed by atoms with Crippen LogP contribution in [0.3, 0.4) is 0 Å². The minimum atomic E-state index is 0.812. The maximum Gasteiger partial charge on any atom is 0.214 e. The van der Waals surface area contributed by atoms with Gasteiger partial charge in [-0.1, -0.05) is 25.1 Å². The van der Waals surface area contributed by atoms with Crippen molar-refractivity contribution in [3.63, 3.8) is 0 Å². The van der Waals surface area contributed by atoms with Crippen molar-refractivity contribution in [2.75, 3.05) is 31.6 Å². The molecule has 4 rings (SSSR count). The van der Waals surface area contributed by atoms with Crippen LogP contribution in [0.15, 0.2) is 48.7 Å². The first-order valence-electron chi connectivity index (χ1n) is 8.82. The van der Waals surface area contributed by atoms with Crippen LogP contribution in [0.25, 0.3) is 16.0 Å². The number of benzene rings is 1. The Morgan fingerprint density at radius 3 is 2.73 bits per heavy atom. The standard InChI is InChI=1S/C19H22N6S/c1-3-24(13-12-23(2)17-10-6-7-11-20-17)14-18-22-26-19-21-15-8-4-5-9-16(15)25(18)19/h4-11H,3,12-14H2,1-2H3. The van der Waals surface area contributed by atoms with Crippen LogP contribution in [-0.4, -0.2) is 50.3 Å². The molecule has 0 aliphatic rings. The second-order valence-corrected chi connectivity index (χ2v) is 7.03. The summed E-state index contributed by atoms with van der Waals surface area (Å²) in [6, 6.07) is 14.2. The van der Waals surface area contributed by atoms with Crippen molar-refractivity contribution in [3.8, 4) is 0 Å². The number of rotatable bonds is 7. The molecule has 0 saturated carbocycles. The zero-order valence-corrected chi connectivity index (χ0v) is 15.9. The summed E-state index contributed by atoms with van der Waals surface area (Å²) in [5, 5.41) is 0. The molecule has 0 aliphatic heterocycles. The highest BCUT2D eigenvalue weighted by molar-refractivity contribution is 7.11. The summed E-state index contributed by atoms with van der Waals surface area (Å²) >= 11 is 1.47. The number of likely N-dealkylation sites (N-methyl/N-ethyl adjacent to an activating group) is 2. The molecular formula is C19H22N6S. The van der Waals surface area contributed by atoms with E-state index in [1.807, 2.05) is 30.5 Å². The smallest absolute Gasteiger partial charge is 0.214 e. The fourth-order valence-electron chi connectivity index (χ4n) is 3.08. The van der Waals surface area contributed by atoms with Crippen molar-refractivity contribution in [2.45, 2.75) is 13.5 Å². The minimum Gasteiger partial charge on any atom is -0.358 e. The van der Waals surface area contributed by atoms with Crippen LogP contribution in [0, 0.1) is 0 Å². The number of imidazole rings is 1. The topological polar surface area (TPSA) is 49.6 Å². The molecule has 26 heavy (non-hydrogen) atoms. The Labute approximate surface area is 156 Å². The molecular weight excluding hydrogens is 344 g/mol. The summed E-state index contributed by atoms with van der Waals surface area (Å²) in [6.45, 7) is 5.85. The summed E-state index contributed by atoms with van der Waals surface area (Å²) in [5.74, 6) is 2.06. The minimum absolute atomic E-state index is 0.812. The lowest BCUT2D eigenvalue weighted by Crippen LogP contribution is -2.33. The molecule has 3 aromatic heterocycles. The van der Waals surface area contributed by atoms with E-state index in [2.05, 4.69) is 60.7 Å². The van der Waals surface area contributed by atoms with E-state index in [4.69, 9.17) is 0 Å². The maximum atomic E-state index is 4.67. The first kappa shape index (κ1) is 16.9. The predicted molar refractivity (Wildman–Crippen MR) is 107 cm³/mol. The van der Waals surface area contributed by atoms with Gasteiger partial charge in [0.25, 0.3) is 0 Å². The van der Waals surface area contributed by atoms with Gasteiger partial charge >= 0.3 is 0 Å².